The second kappa shape index (κ2) is 12.5. The van der Waals surface area contributed by atoms with Crippen LogP contribution >= 0.6 is 24.0 Å². The molecule has 0 amide bonds. The fourth-order valence-electron chi connectivity index (χ4n) is 2.17. The summed E-state index contributed by atoms with van der Waals surface area (Å²) in [5, 5.41) is 6.51. The van der Waals surface area contributed by atoms with E-state index in [0.717, 1.165) is 37.5 Å². The highest BCUT2D eigenvalue weighted by Gasteiger charge is 2.07. The second-order valence-corrected chi connectivity index (χ2v) is 5.50. The van der Waals surface area contributed by atoms with Gasteiger partial charge in [0.15, 0.2) is 5.96 Å². The SMILES string of the molecule is CCCCNC(=NCc1cccnc1Oc1cccc(F)c1)NCC.I. The molecule has 2 rings (SSSR count). The van der Waals surface area contributed by atoms with Gasteiger partial charge in [-0.05, 0) is 31.5 Å². The lowest BCUT2D eigenvalue weighted by Gasteiger charge is -2.12. The van der Waals surface area contributed by atoms with Crippen LogP contribution in [-0.2, 0) is 6.54 Å². The van der Waals surface area contributed by atoms with Crippen LogP contribution in [0.25, 0.3) is 0 Å². The van der Waals surface area contributed by atoms with E-state index in [1.54, 1.807) is 18.3 Å². The third-order valence-corrected chi connectivity index (χ3v) is 3.44. The molecule has 0 saturated carbocycles. The predicted molar refractivity (Wildman–Crippen MR) is 114 cm³/mol. The Morgan fingerprint density at radius 3 is 2.77 bits per heavy atom. The standard InChI is InChI=1S/C19H25FN4O.HI/c1-3-5-11-23-19(21-4-2)24-14-15-8-7-12-22-18(15)25-17-10-6-9-16(20)13-17;/h6-10,12-13H,3-5,11,14H2,1-2H3,(H2,21,23,24);1H. The van der Waals surface area contributed by atoms with E-state index in [9.17, 15) is 4.39 Å². The van der Waals surface area contributed by atoms with Gasteiger partial charge in [-0.1, -0.05) is 25.5 Å². The molecule has 0 saturated heterocycles. The molecule has 26 heavy (non-hydrogen) atoms. The van der Waals surface area contributed by atoms with Crippen LogP contribution in [0.3, 0.4) is 0 Å². The zero-order valence-corrected chi connectivity index (χ0v) is 17.5. The Kier molecular flexibility index (Phi) is 10.6. The first-order valence-electron chi connectivity index (χ1n) is 8.62. The Labute approximate surface area is 171 Å². The van der Waals surface area contributed by atoms with Gasteiger partial charge >= 0.3 is 0 Å². The number of ether oxygens (including phenoxy) is 1. The van der Waals surface area contributed by atoms with E-state index in [1.807, 2.05) is 19.1 Å². The average molecular weight is 472 g/mol. The first kappa shape index (κ1) is 22.1. The van der Waals surface area contributed by atoms with Gasteiger partial charge in [-0.2, -0.15) is 0 Å². The summed E-state index contributed by atoms with van der Waals surface area (Å²) in [4.78, 5) is 8.82. The van der Waals surface area contributed by atoms with Gasteiger partial charge in [-0.15, -0.1) is 24.0 Å². The number of hydrogen-bond donors (Lipinski definition) is 2. The van der Waals surface area contributed by atoms with Crippen LogP contribution in [0, 0.1) is 5.82 Å². The zero-order valence-electron chi connectivity index (χ0n) is 15.2. The van der Waals surface area contributed by atoms with Crippen LogP contribution in [0.1, 0.15) is 32.3 Å². The average Bonchev–Trinajstić information content (AvgIpc) is 2.61. The first-order chi connectivity index (χ1) is 12.2. The number of nitrogens with zero attached hydrogens (tertiary/aromatic N) is 2. The summed E-state index contributed by atoms with van der Waals surface area (Å²) < 4.78 is 19.0. The molecule has 0 radical (unpaired) electrons. The fraction of sp³-hybridized carbons (Fsp3) is 0.368. The normalized spacial score (nSPS) is 10.8. The van der Waals surface area contributed by atoms with Gasteiger partial charge in [0.1, 0.15) is 11.6 Å². The van der Waals surface area contributed by atoms with Crippen molar-refractivity contribution < 1.29 is 9.13 Å². The molecule has 0 fully saturated rings. The molecule has 7 heteroatoms. The molecule has 5 nitrogen and oxygen atoms in total. The molecule has 2 N–H and O–H groups in total. The van der Waals surface area contributed by atoms with Crippen LogP contribution in [0.4, 0.5) is 4.39 Å². The Morgan fingerprint density at radius 2 is 2.04 bits per heavy atom. The van der Waals surface area contributed by atoms with Gasteiger partial charge in [0.25, 0.3) is 0 Å². The Morgan fingerprint density at radius 1 is 1.19 bits per heavy atom. The van der Waals surface area contributed by atoms with E-state index >= 15 is 0 Å². The molecule has 0 aliphatic rings. The summed E-state index contributed by atoms with van der Waals surface area (Å²) in [5.41, 5.74) is 0.833. The first-order valence-corrected chi connectivity index (χ1v) is 8.62. The maximum Gasteiger partial charge on any atom is 0.224 e. The van der Waals surface area contributed by atoms with Gasteiger partial charge in [0.2, 0.25) is 5.88 Å². The van der Waals surface area contributed by atoms with Crippen molar-refractivity contribution in [3.8, 4) is 11.6 Å². The van der Waals surface area contributed by atoms with Crippen molar-refractivity contribution >= 4 is 29.9 Å². The van der Waals surface area contributed by atoms with E-state index in [2.05, 4.69) is 27.5 Å². The van der Waals surface area contributed by atoms with E-state index in [4.69, 9.17) is 4.74 Å². The third-order valence-electron chi connectivity index (χ3n) is 3.44. The summed E-state index contributed by atoms with van der Waals surface area (Å²) in [6.45, 7) is 6.26. The maximum atomic E-state index is 13.3. The van der Waals surface area contributed by atoms with E-state index in [-0.39, 0.29) is 29.8 Å². The van der Waals surface area contributed by atoms with Crippen LogP contribution in [-0.4, -0.2) is 24.0 Å². The maximum absolute atomic E-state index is 13.3. The van der Waals surface area contributed by atoms with Gasteiger partial charge in [-0.25, -0.2) is 14.4 Å². The summed E-state index contributed by atoms with van der Waals surface area (Å²) in [7, 11) is 0. The molecule has 0 aliphatic heterocycles. The molecule has 0 aliphatic carbocycles. The monoisotopic (exact) mass is 472 g/mol. The van der Waals surface area contributed by atoms with Gasteiger partial charge in [0, 0.05) is 30.9 Å². The Balaban J connectivity index is 0.00000338. The molecule has 1 aromatic heterocycles. The molecule has 0 unspecified atom stereocenters. The quantitative estimate of drug-likeness (QED) is 0.257. The second-order valence-electron chi connectivity index (χ2n) is 5.50. The zero-order chi connectivity index (χ0) is 17.9. The van der Waals surface area contributed by atoms with Crippen molar-refractivity contribution in [3.63, 3.8) is 0 Å². The lowest BCUT2D eigenvalue weighted by molar-refractivity contribution is 0.452. The van der Waals surface area contributed by atoms with Crippen molar-refractivity contribution in [1.82, 2.24) is 15.6 Å². The number of benzene rings is 1. The topological polar surface area (TPSA) is 58.5 Å². The molecule has 0 atom stereocenters. The summed E-state index contributed by atoms with van der Waals surface area (Å²) in [6, 6.07) is 9.74. The minimum absolute atomic E-state index is 0. The van der Waals surface area contributed by atoms with Crippen LogP contribution in [0.2, 0.25) is 0 Å². The molecular weight excluding hydrogens is 446 g/mol. The molecule has 1 heterocycles. The van der Waals surface area contributed by atoms with Crippen molar-refractivity contribution in [2.45, 2.75) is 33.2 Å². The number of unbranched alkanes of at least 4 members (excludes halogenated alkanes) is 1. The van der Waals surface area contributed by atoms with Crippen LogP contribution in [0.5, 0.6) is 11.6 Å². The van der Waals surface area contributed by atoms with Gasteiger partial charge in [-0.3, -0.25) is 0 Å². The summed E-state index contributed by atoms with van der Waals surface area (Å²) in [6.07, 6.45) is 3.86. The number of nitrogens with one attached hydrogen (secondary N) is 2. The number of aromatic nitrogens is 1. The van der Waals surface area contributed by atoms with E-state index in [0.29, 0.717) is 18.2 Å². The molecule has 142 valence electrons. The largest absolute Gasteiger partial charge is 0.439 e. The highest BCUT2D eigenvalue weighted by atomic mass is 127. The lowest BCUT2D eigenvalue weighted by Crippen LogP contribution is -2.37. The highest BCUT2D eigenvalue weighted by Crippen LogP contribution is 2.23. The van der Waals surface area contributed by atoms with Crippen LogP contribution < -0.4 is 15.4 Å². The predicted octanol–water partition coefficient (Wildman–Crippen LogP) is 4.49. The summed E-state index contributed by atoms with van der Waals surface area (Å²) >= 11 is 0. The minimum Gasteiger partial charge on any atom is -0.439 e. The summed E-state index contributed by atoms with van der Waals surface area (Å²) in [5.74, 6) is 1.26. The van der Waals surface area contributed by atoms with Crippen molar-refractivity contribution in [3.05, 3.63) is 54.0 Å². The number of pyridine rings is 1. The highest BCUT2D eigenvalue weighted by molar-refractivity contribution is 14.0. The lowest BCUT2D eigenvalue weighted by atomic mass is 10.2. The molecule has 2 aromatic rings. The number of hydrogen-bond acceptors (Lipinski definition) is 3. The van der Waals surface area contributed by atoms with Crippen molar-refractivity contribution in [2.75, 3.05) is 13.1 Å². The molecule has 0 spiro atoms. The Bertz CT molecular complexity index is 697. The number of aliphatic imine (C=N–C) groups is 1. The minimum atomic E-state index is -0.345. The molecular formula is C19H26FIN4O. The smallest absolute Gasteiger partial charge is 0.224 e. The fourth-order valence-corrected chi connectivity index (χ4v) is 2.17. The van der Waals surface area contributed by atoms with Gasteiger partial charge < -0.3 is 15.4 Å². The van der Waals surface area contributed by atoms with Crippen molar-refractivity contribution in [1.29, 1.82) is 0 Å². The molecule has 1 aromatic carbocycles. The van der Waals surface area contributed by atoms with Gasteiger partial charge in [0.05, 0.1) is 6.54 Å². The van der Waals surface area contributed by atoms with Crippen LogP contribution in [0.15, 0.2) is 47.6 Å². The number of rotatable bonds is 8. The van der Waals surface area contributed by atoms with E-state index < -0.39 is 0 Å². The van der Waals surface area contributed by atoms with E-state index in [1.165, 1.54) is 12.1 Å². The molecule has 0 bridgehead atoms. The number of halogens is 2. The third kappa shape index (κ3) is 7.55. The Hall–Kier alpha value is -1.90. The number of guanidine groups is 1. The van der Waals surface area contributed by atoms with Crippen molar-refractivity contribution in [2.24, 2.45) is 4.99 Å².